The number of nitrogens with zero attached hydrogens (tertiary/aromatic N) is 3. The molecule has 5 nitrogen and oxygen atoms in total. The molecule has 13 aromatic carbocycles. The van der Waals surface area contributed by atoms with Gasteiger partial charge in [0.1, 0.15) is 22.3 Å². The SMILES string of the molecule is c1ccc(-c2ccc(N(c3cc(-c4ccc5c6ccccc6n(-c6ccc(-c7ccccc7)cc6)c5c4)cc(N(c4ccc(-c5ccccc5)cc4)c4ccc5c(c4)oc4ccccc45)c3)c3ccc4c(c3)oc3ccccc34)cc2)cc1. The van der Waals surface area contributed by atoms with Crippen molar-refractivity contribution >= 4 is 99.8 Å². The Morgan fingerprint density at radius 1 is 0.205 bits per heavy atom. The van der Waals surface area contributed by atoms with Crippen molar-refractivity contribution in [2.45, 2.75) is 0 Å². The van der Waals surface area contributed by atoms with E-state index >= 15 is 0 Å². The molecule has 0 aliphatic heterocycles. The number of hydrogen-bond donors (Lipinski definition) is 0. The summed E-state index contributed by atoms with van der Waals surface area (Å²) >= 11 is 0. The van der Waals surface area contributed by atoms with Gasteiger partial charge in [-0.2, -0.15) is 0 Å². The fourth-order valence-electron chi connectivity index (χ4n) is 12.4. The van der Waals surface area contributed by atoms with Crippen LogP contribution in [0.2, 0.25) is 0 Å². The van der Waals surface area contributed by atoms with Crippen LogP contribution in [0.1, 0.15) is 0 Å². The Morgan fingerprint density at radius 3 is 1.06 bits per heavy atom. The third-order valence-corrected chi connectivity index (χ3v) is 16.4. The molecule has 0 fully saturated rings. The fraction of sp³-hybridized carbons (Fsp3) is 0. The lowest BCUT2D eigenvalue weighted by Crippen LogP contribution is -2.13. The van der Waals surface area contributed by atoms with Gasteiger partial charge in [0.25, 0.3) is 0 Å². The topological polar surface area (TPSA) is 37.7 Å². The number of hydrogen-bond acceptors (Lipinski definition) is 4. The van der Waals surface area contributed by atoms with E-state index in [2.05, 4.69) is 299 Å². The van der Waals surface area contributed by atoms with Crippen molar-refractivity contribution < 1.29 is 8.83 Å². The van der Waals surface area contributed by atoms with Gasteiger partial charge in [-0.25, -0.2) is 0 Å². The molecule has 0 atom stereocenters. The molecular formula is C78H51N3O2. The van der Waals surface area contributed by atoms with E-state index in [1.165, 1.54) is 21.9 Å². The summed E-state index contributed by atoms with van der Waals surface area (Å²) in [5, 5.41) is 6.71. The average Bonchev–Trinajstić information content (AvgIpc) is 3.50. The van der Waals surface area contributed by atoms with Gasteiger partial charge in [0, 0.05) is 84.3 Å². The monoisotopic (exact) mass is 1060 g/mol. The second-order valence-corrected chi connectivity index (χ2v) is 21.3. The molecule has 0 aliphatic rings. The molecule has 0 amide bonds. The molecule has 3 heterocycles. The summed E-state index contributed by atoms with van der Waals surface area (Å²) in [6.45, 7) is 0. The zero-order valence-electron chi connectivity index (χ0n) is 45.1. The van der Waals surface area contributed by atoms with Gasteiger partial charge in [-0.3, -0.25) is 0 Å². The molecular weight excluding hydrogens is 1010 g/mol. The summed E-state index contributed by atoms with van der Waals surface area (Å²) in [6.07, 6.45) is 0. The van der Waals surface area contributed by atoms with Gasteiger partial charge in [-0.15, -0.1) is 0 Å². The predicted octanol–water partition coefficient (Wildman–Crippen LogP) is 22.2. The Hall–Kier alpha value is -11.1. The molecule has 5 heteroatoms. The van der Waals surface area contributed by atoms with Crippen LogP contribution in [0, 0.1) is 0 Å². The second-order valence-electron chi connectivity index (χ2n) is 21.3. The standard InChI is InChI=1S/C78H51N3O2/c1-4-16-52(17-5-1)55-28-35-60(36-29-55)79(63-41-44-71-69-23-11-14-26-75(69)82-77(71)50-63)65-46-59(58-34-43-68-67-22-10-13-25-73(67)81(74(68)48-58)62-39-32-57(33-40-62)54-20-8-3-9-21-54)47-66(49-65)80(61-37-30-56(31-38-61)53-18-6-2-7-19-53)64-42-45-72-70-24-12-15-27-76(70)83-78(72)51-64/h1-51H. The van der Waals surface area contributed by atoms with Gasteiger partial charge in [0.05, 0.1) is 11.0 Å². The highest BCUT2D eigenvalue weighted by molar-refractivity contribution is 6.11. The minimum absolute atomic E-state index is 0.820. The van der Waals surface area contributed by atoms with E-state index in [-0.39, 0.29) is 0 Å². The first-order valence-corrected chi connectivity index (χ1v) is 28.2. The van der Waals surface area contributed by atoms with Crippen molar-refractivity contribution in [3.05, 3.63) is 309 Å². The Morgan fingerprint density at radius 2 is 0.566 bits per heavy atom. The zero-order chi connectivity index (χ0) is 54.8. The third kappa shape index (κ3) is 8.50. The Balaban J connectivity index is 0.943. The molecule has 83 heavy (non-hydrogen) atoms. The van der Waals surface area contributed by atoms with Crippen molar-refractivity contribution in [1.82, 2.24) is 4.57 Å². The van der Waals surface area contributed by atoms with Crippen LogP contribution in [0.4, 0.5) is 34.1 Å². The largest absolute Gasteiger partial charge is 0.456 e. The molecule has 0 unspecified atom stereocenters. The van der Waals surface area contributed by atoms with Crippen LogP contribution in [-0.2, 0) is 0 Å². The molecule has 0 saturated carbocycles. The summed E-state index contributed by atoms with van der Waals surface area (Å²) in [5.74, 6) is 0. The van der Waals surface area contributed by atoms with Gasteiger partial charge >= 0.3 is 0 Å². The maximum atomic E-state index is 6.66. The molecule has 0 aliphatic carbocycles. The first kappa shape index (κ1) is 47.8. The van der Waals surface area contributed by atoms with Crippen molar-refractivity contribution in [2.24, 2.45) is 0 Å². The second kappa shape index (κ2) is 19.9. The summed E-state index contributed by atoms with van der Waals surface area (Å²) < 4.78 is 15.7. The lowest BCUT2D eigenvalue weighted by Gasteiger charge is -2.30. The van der Waals surface area contributed by atoms with Crippen LogP contribution in [0.3, 0.4) is 0 Å². The Labute approximate surface area is 480 Å². The third-order valence-electron chi connectivity index (χ3n) is 16.4. The lowest BCUT2D eigenvalue weighted by molar-refractivity contribution is 0.668. The van der Waals surface area contributed by atoms with Crippen LogP contribution in [-0.4, -0.2) is 4.57 Å². The summed E-state index contributed by atoms with van der Waals surface area (Å²) in [5.41, 5.74) is 21.7. The van der Waals surface area contributed by atoms with Gasteiger partial charge < -0.3 is 23.2 Å². The highest BCUT2D eigenvalue weighted by atomic mass is 16.3. The summed E-state index contributed by atoms with van der Waals surface area (Å²) in [6, 6.07) is 111. The van der Waals surface area contributed by atoms with Gasteiger partial charge in [0.15, 0.2) is 0 Å². The molecule has 16 aromatic rings. The first-order chi connectivity index (χ1) is 41.1. The van der Waals surface area contributed by atoms with Crippen LogP contribution in [0.25, 0.3) is 116 Å². The van der Waals surface area contributed by atoms with Crippen LogP contribution < -0.4 is 9.80 Å². The number of aromatic nitrogens is 1. The van der Waals surface area contributed by atoms with E-state index in [1.54, 1.807) is 0 Å². The average molecular weight is 1060 g/mol. The van der Waals surface area contributed by atoms with E-state index in [4.69, 9.17) is 8.83 Å². The molecule has 0 N–H and O–H groups in total. The summed E-state index contributed by atoms with van der Waals surface area (Å²) in [7, 11) is 0. The number of anilines is 6. The molecule has 16 rings (SSSR count). The fourth-order valence-corrected chi connectivity index (χ4v) is 12.4. The van der Waals surface area contributed by atoms with Gasteiger partial charge in [-0.1, -0.05) is 194 Å². The minimum atomic E-state index is 0.820. The van der Waals surface area contributed by atoms with Crippen LogP contribution in [0.5, 0.6) is 0 Å². The highest BCUT2D eigenvalue weighted by Crippen LogP contribution is 2.47. The molecule has 0 saturated heterocycles. The molecule has 0 radical (unpaired) electrons. The van der Waals surface area contributed by atoms with E-state index in [0.29, 0.717) is 0 Å². The predicted molar refractivity (Wildman–Crippen MR) is 346 cm³/mol. The van der Waals surface area contributed by atoms with Crippen molar-refractivity contribution in [1.29, 1.82) is 0 Å². The molecule has 0 spiro atoms. The number of furan rings is 2. The van der Waals surface area contributed by atoms with Crippen LogP contribution >= 0.6 is 0 Å². The Bertz CT molecular complexity index is 4840. The maximum absolute atomic E-state index is 6.66. The number of para-hydroxylation sites is 3. The van der Waals surface area contributed by atoms with Crippen molar-refractivity contribution in [2.75, 3.05) is 9.80 Å². The van der Waals surface area contributed by atoms with Crippen molar-refractivity contribution in [3.8, 4) is 50.2 Å². The summed E-state index contributed by atoms with van der Waals surface area (Å²) in [4.78, 5) is 4.74. The normalized spacial score (nSPS) is 11.6. The molecule has 390 valence electrons. The van der Waals surface area contributed by atoms with Gasteiger partial charge in [-0.05, 0) is 148 Å². The van der Waals surface area contributed by atoms with Gasteiger partial charge in [0.2, 0.25) is 0 Å². The molecule has 0 bridgehead atoms. The molecule has 3 aromatic heterocycles. The van der Waals surface area contributed by atoms with E-state index < -0.39 is 0 Å². The number of benzene rings is 13. The van der Waals surface area contributed by atoms with E-state index in [0.717, 1.165) is 128 Å². The zero-order valence-corrected chi connectivity index (χ0v) is 45.1. The van der Waals surface area contributed by atoms with Crippen molar-refractivity contribution in [3.63, 3.8) is 0 Å². The Kier molecular flexibility index (Phi) is 11.5. The minimum Gasteiger partial charge on any atom is -0.456 e. The number of fused-ring (bicyclic) bond motifs is 9. The highest BCUT2D eigenvalue weighted by Gasteiger charge is 2.23. The maximum Gasteiger partial charge on any atom is 0.137 e. The smallest absolute Gasteiger partial charge is 0.137 e. The van der Waals surface area contributed by atoms with E-state index in [1.807, 2.05) is 24.3 Å². The van der Waals surface area contributed by atoms with E-state index in [9.17, 15) is 0 Å². The van der Waals surface area contributed by atoms with Crippen LogP contribution in [0.15, 0.2) is 318 Å². The number of rotatable bonds is 11. The quantitative estimate of drug-likeness (QED) is 0.129. The lowest BCUT2D eigenvalue weighted by atomic mass is 9.99. The first-order valence-electron chi connectivity index (χ1n) is 28.2.